The molecule has 2 N–H and O–H groups in total. The van der Waals surface area contributed by atoms with Gasteiger partial charge in [0.15, 0.2) is 12.6 Å². The Bertz CT molecular complexity index is 787. The zero-order valence-electron chi connectivity index (χ0n) is 16.7. The molecule has 0 saturated heterocycles. The average Bonchev–Trinajstić information content (AvgIpc) is 2.72. The lowest BCUT2D eigenvalue weighted by molar-refractivity contribution is -0.153. The van der Waals surface area contributed by atoms with E-state index in [0.717, 1.165) is 17.1 Å². The van der Waals surface area contributed by atoms with E-state index in [1.54, 1.807) is 32.4 Å². The molecule has 0 bridgehead atoms. The summed E-state index contributed by atoms with van der Waals surface area (Å²) in [5.41, 5.74) is 0.766. The summed E-state index contributed by atoms with van der Waals surface area (Å²) in [5.74, 6) is 2.20. The van der Waals surface area contributed by atoms with Gasteiger partial charge in [0.05, 0.1) is 13.7 Å². The summed E-state index contributed by atoms with van der Waals surface area (Å²) in [5, 5.41) is 6.19. The summed E-state index contributed by atoms with van der Waals surface area (Å²) in [7, 11) is 3.23. The molecule has 0 aliphatic heterocycles. The van der Waals surface area contributed by atoms with Gasteiger partial charge >= 0.3 is 6.18 Å². The van der Waals surface area contributed by atoms with E-state index in [-0.39, 0.29) is 29.7 Å². The number of hydrogen-bond acceptors (Lipinski definition) is 4. The van der Waals surface area contributed by atoms with E-state index >= 15 is 0 Å². The molecule has 0 aliphatic carbocycles. The van der Waals surface area contributed by atoms with Crippen molar-refractivity contribution >= 4 is 29.9 Å². The van der Waals surface area contributed by atoms with Gasteiger partial charge in [-0.1, -0.05) is 12.1 Å². The largest absolute Gasteiger partial charge is 0.497 e. The number of alkyl halides is 3. The van der Waals surface area contributed by atoms with E-state index in [9.17, 15) is 13.2 Å². The molecule has 0 aliphatic rings. The van der Waals surface area contributed by atoms with E-state index in [2.05, 4.69) is 15.6 Å². The topological polar surface area (TPSA) is 64.1 Å². The van der Waals surface area contributed by atoms with Gasteiger partial charge in [-0.25, -0.2) is 0 Å². The van der Waals surface area contributed by atoms with Crippen LogP contribution in [0.15, 0.2) is 53.5 Å². The van der Waals surface area contributed by atoms with Crippen molar-refractivity contribution in [3.05, 3.63) is 54.1 Å². The molecule has 0 atom stereocenters. The standard InChI is InChI=1S/C20H24F3N3O3.HI/c1-24-19(25-10-11-28-17-8-6-16(27-2)7-9-17)26-13-15-4-3-5-18(12-15)29-14-20(21,22)23;/h3-9,12H,10-11,13-14H2,1-2H3,(H2,24,25,26);1H. The van der Waals surface area contributed by atoms with Crippen LogP contribution in [0.1, 0.15) is 5.56 Å². The number of rotatable bonds is 9. The van der Waals surface area contributed by atoms with Gasteiger partial charge in [0.1, 0.15) is 23.9 Å². The van der Waals surface area contributed by atoms with Crippen LogP contribution in [-0.4, -0.2) is 46.1 Å². The molecule has 0 saturated carbocycles. The van der Waals surface area contributed by atoms with Crippen molar-refractivity contribution in [1.82, 2.24) is 10.6 Å². The van der Waals surface area contributed by atoms with Gasteiger partial charge in [-0.15, -0.1) is 24.0 Å². The van der Waals surface area contributed by atoms with Crippen molar-refractivity contribution in [3.8, 4) is 17.2 Å². The Labute approximate surface area is 190 Å². The minimum atomic E-state index is -4.37. The molecule has 6 nitrogen and oxygen atoms in total. The Kier molecular flexibility index (Phi) is 11.2. The summed E-state index contributed by atoms with van der Waals surface area (Å²) in [6.45, 7) is -0.00222. The highest BCUT2D eigenvalue weighted by atomic mass is 127. The maximum absolute atomic E-state index is 12.3. The van der Waals surface area contributed by atoms with Crippen LogP contribution in [0.2, 0.25) is 0 Å². The van der Waals surface area contributed by atoms with Gasteiger partial charge in [0, 0.05) is 13.6 Å². The number of methoxy groups -OCH3 is 1. The molecule has 30 heavy (non-hydrogen) atoms. The first-order valence-electron chi connectivity index (χ1n) is 8.89. The normalized spacial score (nSPS) is 11.3. The number of halogens is 4. The van der Waals surface area contributed by atoms with Crippen LogP contribution in [0.4, 0.5) is 13.2 Å². The minimum absolute atomic E-state index is 0. The van der Waals surface area contributed by atoms with Crippen LogP contribution >= 0.6 is 24.0 Å². The van der Waals surface area contributed by atoms with E-state index in [4.69, 9.17) is 14.2 Å². The molecule has 2 rings (SSSR count). The summed E-state index contributed by atoms with van der Waals surface area (Å²) >= 11 is 0. The van der Waals surface area contributed by atoms with E-state index in [1.165, 1.54) is 6.07 Å². The van der Waals surface area contributed by atoms with Gasteiger partial charge in [-0.05, 0) is 42.0 Å². The monoisotopic (exact) mass is 539 g/mol. The molecule has 2 aromatic rings. The number of benzene rings is 2. The molecule has 0 heterocycles. The first-order valence-corrected chi connectivity index (χ1v) is 8.89. The third kappa shape index (κ3) is 9.90. The molecule has 0 fully saturated rings. The molecule has 10 heteroatoms. The molecular formula is C20H25F3IN3O3. The fourth-order valence-electron chi connectivity index (χ4n) is 2.33. The lowest BCUT2D eigenvalue weighted by Crippen LogP contribution is -2.38. The number of guanidine groups is 1. The molecule has 0 unspecified atom stereocenters. The lowest BCUT2D eigenvalue weighted by Gasteiger charge is -2.14. The number of hydrogen-bond donors (Lipinski definition) is 2. The smallest absolute Gasteiger partial charge is 0.422 e. The van der Waals surface area contributed by atoms with Crippen LogP contribution < -0.4 is 24.8 Å². The summed E-state index contributed by atoms with van der Waals surface area (Å²) in [6, 6.07) is 13.7. The highest BCUT2D eigenvalue weighted by Gasteiger charge is 2.28. The fraction of sp³-hybridized carbons (Fsp3) is 0.350. The van der Waals surface area contributed by atoms with Crippen LogP contribution in [-0.2, 0) is 6.54 Å². The summed E-state index contributed by atoms with van der Waals surface area (Å²) in [6.07, 6.45) is -4.37. The molecule has 2 aromatic carbocycles. The highest BCUT2D eigenvalue weighted by molar-refractivity contribution is 14.0. The third-order valence-electron chi connectivity index (χ3n) is 3.71. The van der Waals surface area contributed by atoms with Crippen LogP contribution in [0.5, 0.6) is 17.2 Å². The number of nitrogens with zero attached hydrogens (tertiary/aromatic N) is 1. The van der Waals surface area contributed by atoms with Crippen LogP contribution in [0.3, 0.4) is 0 Å². The second-order valence-electron chi connectivity index (χ2n) is 5.93. The molecular weight excluding hydrogens is 514 g/mol. The molecule has 166 valence electrons. The maximum atomic E-state index is 12.3. The zero-order chi connectivity index (χ0) is 21.1. The average molecular weight is 539 g/mol. The maximum Gasteiger partial charge on any atom is 0.422 e. The van der Waals surface area contributed by atoms with E-state index in [1.807, 2.05) is 24.3 Å². The Morgan fingerprint density at radius 2 is 1.67 bits per heavy atom. The van der Waals surface area contributed by atoms with E-state index < -0.39 is 12.8 Å². The Morgan fingerprint density at radius 3 is 2.30 bits per heavy atom. The van der Waals surface area contributed by atoms with Crippen LogP contribution in [0.25, 0.3) is 0 Å². The number of nitrogens with one attached hydrogen (secondary N) is 2. The quantitative estimate of drug-likeness (QED) is 0.219. The highest BCUT2D eigenvalue weighted by Crippen LogP contribution is 2.19. The second-order valence-corrected chi connectivity index (χ2v) is 5.93. The Hall–Kier alpha value is -2.37. The predicted octanol–water partition coefficient (Wildman–Crippen LogP) is 4.00. The van der Waals surface area contributed by atoms with E-state index in [0.29, 0.717) is 25.7 Å². The summed E-state index contributed by atoms with van der Waals surface area (Å²) < 4.78 is 52.2. The van der Waals surface area contributed by atoms with Crippen LogP contribution in [0, 0.1) is 0 Å². The van der Waals surface area contributed by atoms with Crippen molar-refractivity contribution in [1.29, 1.82) is 0 Å². The molecule has 0 aromatic heterocycles. The molecule has 0 amide bonds. The van der Waals surface area contributed by atoms with Gasteiger partial charge < -0.3 is 24.8 Å². The minimum Gasteiger partial charge on any atom is -0.497 e. The van der Waals surface area contributed by atoms with Crippen molar-refractivity contribution in [2.75, 3.05) is 33.9 Å². The second kappa shape index (κ2) is 13.0. The lowest BCUT2D eigenvalue weighted by atomic mass is 10.2. The Balaban J connectivity index is 0.00000450. The number of ether oxygens (including phenoxy) is 3. The summed E-state index contributed by atoms with van der Waals surface area (Å²) in [4.78, 5) is 4.10. The molecule has 0 radical (unpaired) electrons. The predicted molar refractivity (Wildman–Crippen MR) is 120 cm³/mol. The SMILES string of the molecule is CN=C(NCCOc1ccc(OC)cc1)NCc1cccc(OCC(F)(F)F)c1.I. The van der Waals surface area contributed by atoms with Gasteiger partial charge in [0.25, 0.3) is 0 Å². The van der Waals surface area contributed by atoms with Crippen molar-refractivity contribution in [3.63, 3.8) is 0 Å². The number of aliphatic imine (C=N–C) groups is 1. The van der Waals surface area contributed by atoms with Gasteiger partial charge in [0.2, 0.25) is 0 Å². The first-order chi connectivity index (χ1) is 13.9. The van der Waals surface area contributed by atoms with Crippen molar-refractivity contribution in [2.24, 2.45) is 4.99 Å². The van der Waals surface area contributed by atoms with Crippen molar-refractivity contribution in [2.45, 2.75) is 12.7 Å². The molecule has 0 spiro atoms. The third-order valence-corrected chi connectivity index (χ3v) is 3.71. The van der Waals surface area contributed by atoms with Gasteiger partial charge in [-0.2, -0.15) is 13.2 Å². The van der Waals surface area contributed by atoms with Crippen molar-refractivity contribution < 1.29 is 27.4 Å². The Morgan fingerprint density at radius 1 is 0.967 bits per heavy atom. The first kappa shape index (κ1) is 25.7. The zero-order valence-corrected chi connectivity index (χ0v) is 19.0. The fourth-order valence-corrected chi connectivity index (χ4v) is 2.33. The van der Waals surface area contributed by atoms with Gasteiger partial charge in [-0.3, -0.25) is 4.99 Å².